The van der Waals surface area contributed by atoms with Crippen molar-refractivity contribution in [1.29, 1.82) is 0 Å². The largest absolute Gasteiger partial charge is 0.381 e. The fourth-order valence-electron chi connectivity index (χ4n) is 4.41. The summed E-state index contributed by atoms with van der Waals surface area (Å²) in [5.41, 5.74) is 13.7. The fourth-order valence-corrected chi connectivity index (χ4v) is 4.97. The Labute approximate surface area is 189 Å². The molecular formula is C21H23N7O4S. The molecule has 172 valence electrons. The summed E-state index contributed by atoms with van der Waals surface area (Å²) in [7, 11) is -3.65. The minimum absolute atomic E-state index is 0.00658. The summed E-state index contributed by atoms with van der Waals surface area (Å²) in [5, 5.41) is 4.04. The van der Waals surface area contributed by atoms with Crippen LogP contribution in [0.2, 0.25) is 0 Å². The van der Waals surface area contributed by atoms with Crippen LogP contribution in [0.15, 0.2) is 24.4 Å². The molecule has 33 heavy (non-hydrogen) atoms. The summed E-state index contributed by atoms with van der Waals surface area (Å²) in [4.78, 5) is 31.4. The maximum atomic E-state index is 13.2. The van der Waals surface area contributed by atoms with Crippen LogP contribution in [0.3, 0.4) is 0 Å². The van der Waals surface area contributed by atoms with E-state index in [9.17, 15) is 18.0 Å². The van der Waals surface area contributed by atoms with E-state index in [1.807, 2.05) is 13.0 Å². The molecule has 2 aromatic heterocycles. The number of rotatable bonds is 6. The number of carbonyl (C=O) groups is 2. The first-order chi connectivity index (χ1) is 15.5. The van der Waals surface area contributed by atoms with Crippen molar-refractivity contribution in [3.63, 3.8) is 0 Å². The van der Waals surface area contributed by atoms with E-state index in [0.717, 1.165) is 19.1 Å². The SMILES string of the molecule is CC(C1CC1)N1Cc2cc(-c3ccn4nc(N)c(C(N)=O)c4n3)cc(NS(C)(=O)=O)c2C1=O. The first-order valence-electron chi connectivity index (χ1n) is 10.4. The second-order valence-electron chi connectivity index (χ2n) is 8.65. The van der Waals surface area contributed by atoms with Crippen LogP contribution >= 0.6 is 0 Å². The Morgan fingerprint density at radius 1 is 1.30 bits per heavy atom. The van der Waals surface area contributed by atoms with Gasteiger partial charge in [-0.15, -0.1) is 5.10 Å². The highest BCUT2D eigenvalue weighted by Crippen LogP contribution is 2.41. The van der Waals surface area contributed by atoms with E-state index >= 15 is 0 Å². The maximum absolute atomic E-state index is 13.2. The molecule has 1 aliphatic carbocycles. The molecule has 1 atom stereocenters. The Bertz CT molecular complexity index is 1440. The summed E-state index contributed by atoms with van der Waals surface area (Å²) < 4.78 is 27.9. The molecule has 11 nitrogen and oxygen atoms in total. The lowest BCUT2D eigenvalue weighted by atomic mass is 10.0. The molecule has 5 rings (SSSR count). The highest BCUT2D eigenvalue weighted by Gasteiger charge is 2.40. The van der Waals surface area contributed by atoms with Gasteiger partial charge in [0.1, 0.15) is 5.56 Å². The van der Waals surface area contributed by atoms with Gasteiger partial charge in [-0.2, -0.15) is 0 Å². The number of nitrogens with one attached hydrogen (secondary N) is 1. The maximum Gasteiger partial charge on any atom is 0.256 e. The molecule has 2 aliphatic rings. The number of hydrogen-bond acceptors (Lipinski definition) is 7. The van der Waals surface area contributed by atoms with Crippen molar-refractivity contribution in [1.82, 2.24) is 19.5 Å². The zero-order chi connectivity index (χ0) is 23.7. The predicted molar refractivity (Wildman–Crippen MR) is 122 cm³/mol. The molecule has 1 saturated carbocycles. The van der Waals surface area contributed by atoms with E-state index in [4.69, 9.17) is 11.5 Å². The topological polar surface area (TPSA) is 166 Å². The summed E-state index contributed by atoms with van der Waals surface area (Å²) in [6.07, 6.45) is 4.79. The molecule has 1 aromatic carbocycles. The van der Waals surface area contributed by atoms with Crippen molar-refractivity contribution >= 4 is 39.0 Å². The third-order valence-electron chi connectivity index (χ3n) is 6.18. The van der Waals surface area contributed by atoms with E-state index in [0.29, 0.717) is 34.8 Å². The van der Waals surface area contributed by atoms with Crippen LogP contribution in [0.25, 0.3) is 16.9 Å². The standard InChI is InChI=1S/C21H23N7O4S/c1-10(11-3-4-11)27-9-13-7-12(8-15(16(13)21(27)30)26-33(2,31)32)14-5-6-28-20(24-14)17(19(23)29)18(22)25-28/h5-8,10-11,26H,3-4,9H2,1-2H3,(H2,22,25)(H2,23,29). The van der Waals surface area contributed by atoms with Gasteiger partial charge in [-0.25, -0.2) is 17.9 Å². The van der Waals surface area contributed by atoms with Crippen molar-refractivity contribution < 1.29 is 18.0 Å². The predicted octanol–water partition coefficient (Wildman–Crippen LogP) is 1.20. The number of sulfonamides is 1. The highest BCUT2D eigenvalue weighted by atomic mass is 32.2. The number of nitrogens with zero attached hydrogens (tertiary/aromatic N) is 4. The Balaban J connectivity index is 1.65. The van der Waals surface area contributed by atoms with Gasteiger partial charge in [0.15, 0.2) is 11.5 Å². The smallest absolute Gasteiger partial charge is 0.256 e. The minimum Gasteiger partial charge on any atom is -0.381 e. The van der Waals surface area contributed by atoms with Gasteiger partial charge >= 0.3 is 0 Å². The third kappa shape index (κ3) is 3.65. The number of hydrogen-bond donors (Lipinski definition) is 3. The number of nitrogens with two attached hydrogens (primary N) is 2. The number of carbonyl (C=O) groups excluding carboxylic acids is 2. The Kier molecular flexibility index (Phi) is 4.60. The van der Waals surface area contributed by atoms with Gasteiger partial charge in [0.2, 0.25) is 10.0 Å². The molecule has 1 aliphatic heterocycles. The van der Waals surface area contributed by atoms with E-state index < -0.39 is 15.9 Å². The van der Waals surface area contributed by atoms with Crippen molar-refractivity contribution in [2.24, 2.45) is 11.7 Å². The number of anilines is 2. The number of fused-ring (bicyclic) bond motifs is 2. The molecule has 3 heterocycles. The van der Waals surface area contributed by atoms with Crippen LogP contribution in [0.1, 0.15) is 46.0 Å². The van der Waals surface area contributed by atoms with Crippen molar-refractivity contribution in [2.75, 3.05) is 16.7 Å². The first kappa shape index (κ1) is 21.2. The molecular weight excluding hydrogens is 446 g/mol. The second kappa shape index (κ2) is 7.17. The molecule has 1 fully saturated rings. The Hall–Kier alpha value is -3.67. The fraction of sp³-hybridized carbons (Fsp3) is 0.333. The Morgan fingerprint density at radius 3 is 2.67 bits per heavy atom. The Morgan fingerprint density at radius 2 is 2.03 bits per heavy atom. The van der Waals surface area contributed by atoms with Gasteiger partial charge in [-0.1, -0.05) is 0 Å². The second-order valence-corrected chi connectivity index (χ2v) is 10.4. The summed E-state index contributed by atoms with van der Waals surface area (Å²) in [6, 6.07) is 5.13. The average molecular weight is 470 g/mol. The van der Waals surface area contributed by atoms with E-state index in [1.54, 1.807) is 23.2 Å². The number of nitrogen functional groups attached to an aromatic ring is 1. The number of benzene rings is 1. The van der Waals surface area contributed by atoms with E-state index in [2.05, 4.69) is 14.8 Å². The monoisotopic (exact) mass is 469 g/mol. The minimum atomic E-state index is -3.65. The van der Waals surface area contributed by atoms with Crippen LogP contribution in [0.5, 0.6) is 0 Å². The van der Waals surface area contributed by atoms with Crippen LogP contribution in [-0.4, -0.2) is 52.0 Å². The normalized spacial score (nSPS) is 16.8. The molecule has 0 radical (unpaired) electrons. The molecule has 0 saturated heterocycles. The quantitative estimate of drug-likeness (QED) is 0.488. The summed E-state index contributed by atoms with van der Waals surface area (Å²) in [6.45, 7) is 2.41. The van der Waals surface area contributed by atoms with Gasteiger partial charge < -0.3 is 16.4 Å². The molecule has 5 N–H and O–H groups in total. The van der Waals surface area contributed by atoms with E-state index in [-0.39, 0.29) is 34.7 Å². The lowest BCUT2D eigenvalue weighted by Gasteiger charge is -2.24. The summed E-state index contributed by atoms with van der Waals surface area (Å²) >= 11 is 0. The van der Waals surface area contributed by atoms with Gasteiger partial charge in [-0.05, 0) is 49.4 Å². The van der Waals surface area contributed by atoms with Crippen LogP contribution in [0, 0.1) is 5.92 Å². The highest BCUT2D eigenvalue weighted by molar-refractivity contribution is 7.92. The number of primary amides is 1. The lowest BCUT2D eigenvalue weighted by molar-refractivity contribution is 0.0698. The number of amides is 2. The third-order valence-corrected chi connectivity index (χ3v) is 6.77. The number of aromatic nitrogens is 3. The van der Waals surface area contributed by atoms with Gasteiger partial charge in [0.05, 0.1) is 23.2 Å². The molecule has 0 bridgehead atoms. The molecule has 3 aromatic rings. The molecule has 2 amide bonds. The van der Waals surface area contributed by atoms with Gasteiger partial charge in [-0.3, -0.25) is 14.3 Å². The van der Waals surface area contributed by atoms with Crippen molar-refractivity contribution in [2.45, 2.75) is 32.4 Å². The molecule has 1 unspecified atom stereocenters. The summed E-state index contributed by atoms with van der Waals surface area (Å²) in [5.74, 6) is -0.505. The van der Waals surface area contributed by atoms with Crippen LogP contribution < -0.4 is 16.2 Å². The van der Waals surface area contributed by atoms with E-state index in [1.165, 1.54) is 4.52 Å². The lowest BCUT2D eigenvalue weighted by Crippen LogP contribution is -2.34. The van der Waals surface area contributed by atoms with Crippen LogP contribution in [-0.2, 0) is 16.6 Å². The average Bonchev–Trinajstić information content (AvgIpc) is 3.43. The zero-order valence-corrected chi connectivity index (χ0v) is 18.9. The van der Waals surface area contributed by atoms with Gasteiger partial charge in [0, 0.05) is 24.3 Å². The molecule has 0 spiro atoms. The van der Waals surface area contributed by atoms with Crippen LogP contribution in [0.4, 0.5) is 11.5 Å². The first-order valence-corrected chi connectivity index (χ1v) is 12.3. The van der Waals surface area contributed by atoms with Crippen molar-refractivity contribution in [3.8, 4) is 11.3 Å². The van der Waals surface area contributed by atoms with Crippen molar-refractivity contribution in [3.05, 3.63) is 41.1 Å². The molecule has 12 heteroatoms. The van der Waals surface area contributed by atoms with Gasteiger partial charge in [0.25, 0.3) is 11.8 Å². The zero-order valence-electron chi connectivity index (χ0n) is 18.1.